The highest BCUT2D eigenvalue weighted by molar-refractivity contribution is 7.47. The minimum absolute atomic E-state index is 0.101. The van der Waals surface area contributed by atoms with Crippen LogP contribution in [0.1, 0.15) is 306 Å². The number of hydrogen-bond donors (Lipinski definition) is 3. The Morgan fingerprint density at radius 2 is 0.578 bits per heavy atom. The van der Waals surface area contributed by atoms with Gasteiger partial charge in [0.05, 0.1) is 26.4 Å². The van der Waals surface area contributed by atoms with Gasteiger partial charge in [-0.05, 0) is 49.4 Å². The minimum Gasteiger partial charge on any atom is -0.462 e. The first-order chi connectivity index (χ1) is 39.7. The van der Waals surface area contributed by atoms with E-state index in [1.165, 1.54) is 103 Å². The van der Waals surface area contributed by atoms with Gasteiger partial charge in [0.1, 0.15) is 19.3 Å². The number of phosphoric acid groups is 2. The fraction of sp³-hybridized carbons (Fsp3) is 0.938. The van der Waals surface area contributed by atoms with Gasteiger partial charge in [0, 0.05) is 25.7 Å². The minimum atomic E-state index is -4.95. The lowest BCUT2D eigenvalue weighted by Gasteiger charge is -2.21. The van der Waals surface area contributed by atoms with Crippen LogP contribution in [0.25, 0.3) is 0 Å². The molecule has 17 nitrogen and oxygen atoms in total. The van der Waals surface area contributed by atoms with Gasteiger partial charge in [-0.2, -0.15) is 0 Å². The molecule has 0 radical (unpaired) electrons. The predicted molar refractivity (Wildman–Crippen MR) is 331 cm³/mol. The SMILES string of the molecule is CCC(C)CCCCCCCCCCCCC(=O)OC[C@H](COP(=O)(O)OC[C@@H](O)COP(=O)(O)OC[C@@H](COC(=O)CCCCCCCCC(C)C)OC(=O)CCCCCCCCC(C)CC)OC(=O)CCCCCCCCC(C)CC. The van der Waals surface area contributed by atoms with E-state index in [-0.39, 0.29) is 25.7 Å². The van der Waals surface area contributed by atoms with Crippen LogP contribution in [-0.2, 0) is 65.4 Å². The van der Waals surface area contributed by atoms with E-state index >= 15 is 0 Å². The molecule has 3 N–H and O–H groups in total. The van der Waals surface area contributed by atoms with E-state index in [0.29, 0.717) is 31.6 Å². The molecule has 0 saturated heterocycles. The van der Waals surface area contributed by atoms with Crippen molar-refractivity contribution in [2.24, 2.45) is 23.7 Å². The van der Waals surface area contributed by atoms with Crippen LogP contribution >= 0.6 is 15.6 Å². The van der Waals surface area contributed by atoms with Crippen molar-refractivity contribution in [1.29, 1.82) is 0 Å². The van der Waals surface area contributed by atoms with Gasteiger partial charge in [-0.25, -0.2) is 9.13 Å². The Kier molecular flexibility index (Phi) is 53.0. The third-order valence-electron chi connectivity index (χ3n) is 15.7. The van der Waals surface area contributed by atoms with Crippen molar-refractivity contribution in [1.82, 2.24) is 0 Å². The fourth-order valence-corrected chi connectivity index (χ4v) is 10.9. The summed E-state index contributed by atoms with van der Waals surface area (Å²) in [6, 6.07) is 0. The van der Waals surface area contributed by atoms with Crippen LogP contribution in [0.5, 0.6) is 0 Å². The second-order valence-electron chi connectivity index (χ2n) is 24.4. The standard InChI is InChI=1S/C64H124O17P2/c1-9-55(6)41-33-25-16-14-12-13-15-17-28-36-44-61(66)74-50-59(80-63(68)46-38-30-22-19-26-34-42-56(7)10-2)52-78-82(70,71)76-48-58(65)49-77-83(72,73)79-53-60(51-75-62(67)45-37-29-21-18-24-32-40-54(4)5)81-64(69)47-39-31-23-20-27-35-43-57(8)11-3/h54-60,65H,9-53H2,1-8H3,(H,70,71)(H,72,73)/t55?,56?,57?,58-,59-,60-/m1/s1. The third-order valence-corrected chi connectivity index (χ3v) is 17.6. The number of unbranched alkanes of at least 4 members (excludes halogenated alkanes) is 24. The maximum Gasteiger partial charge on any atom is 0.472 e. The Morgan fingerprint density at radius 3 is 0.855 bits per heavy atom. The largest absolute Gasteiger partial charge is 0.472 e. The predicted octanol–water partition coefficient (Wildman–Crippen LogP) is 17.4. The Bertz CT molecular complexity index is 1670. The van der Waals surface area contributed by atoms with Crippen LogP contribution in [0.4, 0.5) is 0 Å². The molecule has 0 spiro atoms. The molecule has 0 heterocycles. The van der Waals surface area contributed by atoms with E-state index in [2.05, 4.69) is 55.4 Å². The molecule has 8 atom stereocenters. The van der Waals surface area contributed by atoms with E-state index in [0.717, 1.165) is 114 Å². The first kappa shape index (κ1) is 81.1. The molecule has 0 aromatic carbocycles. The van der Waals surface area contributed by atoms with Crippen molar-refractivity contribution >= 4 is 39.5 Å². The molecule has 492 valence electrons. The highest BCUT2D eigenvalue weighted by Gasteiger charge is 2.30. The lowest BCUT2D eigenvalue weighted by Crippen LogP contribution is -2.30. The van der Waals surface area contributed by atoms with Gasteiger partial charge in [-0.1, -0.05) is 254 Å². The van der Waals surface area contributed by atoms with Crippen LogP contribution in [0.3, 0.4) is 0 Å². The van der Waals surface area contributed by atoms with Gasteiger partial charge in [0.2, 0.25) is 0 Å². The molecule has 0 bridgehead atoms. The second kappa shape index (κ2) is 54.2. The number of aliphatic hydroxyl groups is 1. The molecule has 0 rings (SSSR count). The highest BCUT2D eigenvalue weighted by Crippen LogP contribution is 2.45. The Hall–Kier alpha value is -1.94. The fourth-order valence-electron chi connectivity index (χ4n) is 9.33. The van der Waals surface area contributed by atoms with Crippen LogP contribution in [-0.4, -0.2) is 96.7 Å². The van der Waals surface area contributed by atoms with Crippen LogP contribution in [0, 0.1) is 23.7 Å². The van der Waals surface area contributed by atoms with Crippen molar-refractivity contribution < 1.29 is 80.2 Å². The summed E-state index contributed by atoms with van der Waals surface area (Å²) in [5, 5.41) is 10.5. The number of aliphatic hydroxyl groups excluding tert-OH is 1. The van der Waals surface area contributed by atoms with Gasteiger partial charge >= 0.3 is 39.5 Å². The summed E-state index contributed by atoms with van der Waals surface area (Å²) >= 11 is 0. The number of hydrogen-bond acceptors (Lipinski definition) is 15. The van der Waals surface area contributed by atoms with Gasteiger partial charge in [0.25, 0.3) is 0 Å². The number of carbonyl (C=O) groups is 4. The van der Waals surface area contributed by atoms with E-state index in [9.17, 15) is 43.2 Å². The maximum absolute atomic E-state index is 13.0. The second-order valence-corrected chi connectivity index (χ2v) is 27.3. The molecule has 0 aromatic heterocycles. The molecule has 83 heavy (non-hydrogen) atoms. The molecular weight excluding hydrogens is 1100 g/mol. The lowest BCUT2D eigenvalue weighted by atomic mass is 9.99. The van der Waals surface area contributed by atoms with Gasteiger partial charge < -0.3 is 33.8 Å². The summed E-state index contributed by atoms with van der Waals surface area (Å²) in [5.41, 5.74) is 0. The summed E-state index contributed by atoms with van der Waals surface area (Å²) in [5.74, 6) is 0.784. The molecular formula is C64H124O17P2. The first-order valence-corrected chi connectivity index (χ1v) is 36.3. The van der Waals surface area contributed by atoms with Crippen molar-refractivity contribution in [3.05, 3.63) is 0 Å². The number of esters is 4. The Morgan fingerprint density at radius 1 is 0.337 bits per heavy atom. The average molecular weight is 1230 g/mol. The molecule has 0 aliphatic rings. The Balaban J connectivity index is 5.24. The molecule has 0 aliphatic carbocycles. The quantitative estimate of drug-likeness (QED) is 0.0222. The molecule has 0 aromatic rings. The van der Waals surface area contributed by atoms with Crippen LogP contribution < -0.4 is 0 Å². The van der Waals surface area contributed by atoms with Gasteiger partial charge in [-0.3, -0.25) is 37.3 Å². The zero-order valence-corrected chi connectivity index (χ0v) is 55.6. The third kappa shape index (κ3) is 55.1. The number of phosphoric ester groups is 2. The summed E-state index contributed by atoms with van der Waals surface area (Å²) in [6.07, 6.45) is 33.6. The van der Waals surface area contributed by atoms with Crippen LogP contribution in [0.2, 0.25) is 0 Å². The average Bonchev–Trinajstić information content (AvgIpc) is 3.46. The summed E-state index contributed by atoms with van der Waals surface area (Å²) in [7, 11) is -9.89. The highest BCUT2D eigenvalue weighted by atomic mass is 31.2. The van der Waals surface area contributed by atoms with Gasteiger partial charge in [0.15, 0.2) is 12.2 Å². The summed E-state index contributed by atoms with van der Waals surface area (Å²) < 4.78 is 68.0. The van der Waals surface area contributed by atoms with Crippen molar-refractivity contribution in [3.63, 3.8) is 0 Å². The normalized spacial score (nSPS) is 15.4. The topological polar surface area (TPSA) is 237 Å². The maximum atomic E-state index is 13.0. The zero-order valence-electron chi connectivity index (χ0n) is 53.8. The van der Waals surface area contributed by atoms with Crippen molar-refractivity contribution in [2.45, 2.75) is 324 Å². The monoisotopic (exact) mass is 1230 g/mol. The molecule has 0 aliphatic heterocycles. The van der Waals surface area contributed by atoms with E-state index in [4.69, 9.17) is 37.0 Å². The Labute approximate surface area is 505 Å². The smallest absolute Gasteiger partial charge is 0.462 e. The molecule has 0 amide bonds. The number of carbonyl (C=O) groups excluding carboxylic acids is 4. The summed E-state index contributed by atoms with van der Waals surface area (Å²) in [4.78, 5) is 72.2. The van der Waals surface area contributed by atoms with Crippen molar-refractivity contribution in [3.8, 4) is 0 Å². The molecule has 0 fully saturated rings. The van der Waals surface area contributed by atoms with E-state index in [1.807, 2.05) is 0 Å². The lowest BCUT2D eigenvalue weighted by molar-refractivity contribution is -0.161. The zero-order chi connectivity index (χ0) is 61.8. The van der Waals surface area contributed by atoms with Crippen molar-refractivity contribution in [2.75, 3.05) is 39.6 Å². The number of rotatable bonds is 61. The molecule has 19 heteroatoms. The molecule has 5 unspecified atom stereocenters. The van der Waals surface area contributed by atoms with Gasteiger partial charge in [-0.15, -0.1) is 0 Å². The summed E-state index contributed by atoms with van der Waals surface area (Å²) in [6.45, 7) is 13.9. The van der Waals surface area contributed by atoms with Crippen LogP contribution in [0.15, 0.2) is 0 Å². The van der Waals surface area contributed by atoms with E-state index < -0.39 is 97.5 Å². The molecule has 0 saturated carbocycles. The first-order valence-electron chi connectivity index (χ1n) is 33.3. The van der Waals surface area contributed by atoms with E-state index in [1.54, 1.807) is 0 Å². The number of ether oxygens (including phenoxy) is 4.